The number of hydrogen-bond donors (Lipinski definition) is 0. The molecule has 0 aromatic carbocycles. The molecule has 0 aliphatic carbocycles. The third-order valence-electron chi connectivity index (χ3n) is 4.32. The number of amides is 1. The molecule has 0 radical (unpaired) electrons. The molecule has 0 N–H and O–H groups in total. The third-order valence-corrected chi connectivity index (χ3v) is 4.32. The summed E-state index contributed by atoms with van der Waals surface area (Å²) in [4.78, 5) is 18.7. The first-order valence-corrected chi connectivity index (χ1v) is 7.99. The number of carbonyl (C=O) groups excluding carboxylic acids is 1. The van der Waals surface area contributed by atoms with Crippen LogP contribution in [0.15, 0.2) is 10.9 Å². The first kappa shape index (κ1) is 15.6. The lowest BCUT2D eigenvalue weighted by molar-refractivity contribution is -0.133. The zero-order valence-corrected chi connectivity index (χ0v) is 13.4. The van der Waals surface area contributed by atoms with Gasteiger partial charge in [-0.15, -0.1) is 5.10 Å². The number of carbonyl (C=O) groups is 1. The summed E-state index contributed by atoms with van der Waals surface area (Å²) in [5.41, 5.74) is 0. The zero-order chi connectivity index (χ0) is 16.2. The van der Waals surface area contributed by atoms with E-state index in [4.69, 9.17) is 4.52 Å². The van der Waals surface area contributed by atoms with Crippen LogP contribution in [0.5, 0.6) is 0 Å². The van der Waals surface area contributed by atoms with Gasteiger partial charge in [-0.25, -0.2) is 4.68 Å². The maximum absolute atomic E-state index is 12.3. The second-order valence-electron chi connectivity index (χ2n) is 5.99. The fraction of sp³-hybridized carbons (Fsp3) is 0.714. The van der Waals surface area contributed by atoms with Crippen LogP contribution in [0.4, 0.5) is 0 Å². The summed E-state index contributed by atoms with van der Waals surface area (Å²) in [7, 11) is 0. The maximum Gasteiger partial charge on any atom is 0.244 e. The molecule has 1 fully saturated rings. The summed E-state index contributed by atoms with van der Waals surface area (Å²) in [5.74, 6) is 1.78. The van der Waals surface area contributed by atoms with E-state index in [1.807, 2.05) is 4.90 Å². The zero-order valence-electron chi connectivity index (χ0n) is 13.4. The van der Waals surface area contributed by atoms with Crippen LogP contribution in [-0.2, 0) is 11.3 Å². The van der Waals surface area contributed by atoms with Crippen molar-refractivity contribution < 1.29 is 9.32 Å². The number of likely N-dealkylation sites (tertiary alicyclic amines) is 1. The van der Waals surface area contributed by atoms with E-state index >= 15 is 0 Å². The Bertz CT molecular complexity index is 639. The Morgan fingerprint density at radius 3 is 3.13 bits per heavy atom. The lowest BCUT2D eigenvalue weighted by atomic mass is 9.98. The van der Waals surface area contributed by atoms with Crippen LogP contribution in [0.3, 0.4) is 0 Å². The van der Waals surface area contributed by atoms with E-state index in [0.29, 0.717) is 12.4 Å². The second-order valence-corrected chi connectivity index (χ2v) is 5.99. The van der Waals surface area contributed by atoms with Crippen molar-refractivity contribution in [1.82, 2.24) is 35.2 Å². The molecule has 2 aromatic rings. The van der Waals surface area contributed by atoms with Crippen molar-refractivity contribution in [2.45, 2.75) is 51.5 Å². The van der Waals surface area contributed by atoms with Gasteiger partial charge in [0.1, 0.15) is 12.9 Å². The van der Waals surface area contributed by atoms with E-state index in [2.05, 4.69) is 39.5 Å². The molecular weight excluding hydrogens is 298 g/mol. The van der Waals surface area contributed by atoms with Crippen molar-refractivity contribution >= 4 is 5.91 Å². The van der Waals surface area contributed by atoms with Crippen LogP contribution in [-0.4, -0.2) is 54.2 Å². The van der Waals surface area contributed by atoms with Gasteiger partial charge in [0.15, 0.2) is 5.82 Å². The van der Waals surface area contributed by atoms with Crippen LogP contribution < -0.4 is 0 Å². The molecular formula is C14H21N7O2. The Kier molecular flexibility index (Phi) is 4.63. The van der Waals surface area contributed by atoms with Crippen molar-refractivity contribution in [2.24, 2.45) is 0 Å². The average molecular weight is 319 g/mol. The molecule has 2 aromatic heterocycles. The van der Waals surface area contributed by atoms with Gasteiger partial charge in [-0.2, -0.15) is 4.98 Å². The third kappa shape index (κ3) is 3.54. The van der Waals surface area contributed by atoms with Gasteiger partial charge in [0.05, 0.1) is 5.92 Å². The number of rotatable bonds is 5. The Labute approximate surface area is 134 Å². The molecule has 1 aliphatic rings. The van der Waals surface area contributed by atoms with Gasteiger partial charge in [-0.3, -0.25) is 4.79 Å². The molecule has 9 nitrogen and oxygen atoms in total. The van der Waals surface area contributed by atoms with Crippen molar-refractivity contribution in [3.63, 3.8) is 0 Å². The van der Waals surface area contributed by atoms with Crippen molar-refractivity contribution in [2.75, 3.05) is 13.1 Å². The van der Waals surface area contributed by atoms with Crippen LogP contribution in [0, 0.1) is 0 Å². The fourth-order valence-corrected chi connectivity index (χ4v) is 2.69. The Balaban J connectivity index is 1.63. The Hall–Kier alpha value is -2.32. The van der Waals surface area contributed by atoms with E-state index < -0.39 is 0 Å². The number of nitrogens with zero attached hydrogens (tertiary/aromatic N) is 7. The summed E-state index contributed by atoms with van der Waals surface area (Å²) >= 11 is 0. The van der Waals surface area contributed by atoms with Gasteiger partial charge in [0.2, 0.25) is 11.8 Å². The van der Waals surface area contributed by atoms with Crippen LogP contribution in [0.2, 0.25) is 0 Å². The smallest absolute Gasteiger partial charge is 0.244 e. The number of hydrogen-bond acceptors (Lipinski definition) is 7. The quantitative estimate of drug-likeness (QED) is 0.809. The molecule has 1 amide bonds. The first-order chi connectivity index (χ1) is 11.2. The second kappa shape index (κ2) is 6.84. The minimum Gasteiger partial charge on any atom is -0.340 e. The molecule has 124 valence electrons. The molecule has 0 spiro atoms. The van der Waals surface area contributed by atoms with Crippen molar-refractivity contribution in [3.8, 4) is 0 Å². The lowest BCUT2D eigenvalue weighted by Gasteiger charge is -2.30. The predicted octanol–water partition coefficient (Wildman–Crippen LogP) is 0.976. The molecule has 9 heteroatoms. The average Bonchev–Trinajstić information content (AvgIpc) is 3.26. The fourth-order valence-electron chi connectivity index (χ4n) is 2.69. The van der Waals surface area contributed by atoms with Gasteiger partial charge in [0.25, 0.3) is 0 Å². The van der Waals surface area contributed by atoms with Crippen LogP contribution in [0.1, 0.15) is 56.7 Å². The SMILES string of the molecule is CCC(C)c1noc(C2CCCN(C(=O)Cn3cnnn3)C2)n1. The number of aromatic nitrogens is 6. The van der Waals surface area contributed by atoms with E-state index in [-0.39, 0.29) is 24.3 Å². The molecule has 2 atom stereocenters. The van der Waals surface area contributed by atoms with Gasteiger partial charge >= 0.3 is 0 Å². The van der Waals surface area contributed by atoms with Crippen molar-refractivity contribution in [3.05, 3.63) is 18.0 Å². The van der Waals surface area contributed by atoms with Crippen LogP contribution >= 0.6 is 0 Å². The van der Waals surface area contributed by atoms with E-state index in [9.17, 15) is 4.79 Å². The molecule has 23 heavy (non-hydrogen) atoms. The summed E-state index contributed by atoms with van der Waals surface area (Å²) < 4.78 is 6.85. The Morgan fingerprint density at radius 1 is 1.52 bits per heavy atom. The van der Waals surface area contributed by atoms with Gasteiger partial charge < -0.3 is 9.42 Å². The highest BCUT2D eigenvalue weighted by molar-refractivity contribution is 5.76. The van der Waals surface area contributed by atoms with E-state index in [1.54, 1.807) is 0 Å². The highest BCUT2D eigenvalue weighted by atomic mass is 16.5. The number of tetrazole rings is 1. The molecule has 3 heterocycles. The first-order valence-electron chi connectivity index (χ1n) is 7.99. The van der Waals surface area contributed by atoms with E-state index in [0.717, 1.165) is 31.6 Å². The standard InChI is InChI=1S/C14H21N7O2/c1-3-10(2)13-16-14(23-17-13)11-5-4-6-20(7-11)12(22)8-21-9-15-18-19-21/h9-11H,3-8H2,1-2H3. The summed E-state index contributed by atoms with van der Waals surface area (Å²) in [6, 6.07) is 0. The summed E-state index contributed by atoms with van der Waals surface area (Å²) in [5, 5.41) is 14.9. The van der Waals surface area contributed by atoms with Crippen molar-refractivity contribution in [1.29, 1.82) is 0 Å². The van der Waals surface area contributed by atoms with Gasteiger partial charge in [-0.05, 0) is 29.7 Å². The summed E-state index contributed by atoms with van der Waals surface area (Å²) in [6.07, 6.45) is 4.29. The lowest BCUT2D eigenvalue weighted by Crippen LogP contribution is -2.41. The minimum absolute atomic E-state index is 0.00339. The Morgan fingerprint density at radius 2 is 2.39 bits per heavy atom. The molecule has 0 saturated carbocycles. The molecule has 1 saturated heterocycles. The topological polar surface area (TPSA) is 103 Å². The minimum atomic E-state index is 0.00339. The molecule has 2 unspecified atom stereocenters. The normalized spacial score (nSPS) is 19.7. The van der Waals surface area contributed by atoms with Crippen LogP contribution in [0.25, 0.3) is 0 Å². The van der Waals surface area contributed by atoms with Gasteiger partial charge in [-0.1, -0.05) is 19.0 Å². The highest BCUT2D eigenvalue weighted by Gasteiger charge is 2.29. The van der Waals surface area contributed by atoms with E-state index in [1.165, 1.54) is 11.0 Å². The summed E-state index contributed by atoms with van der Waals surface area (Å²) in [6.45, 7) is 5.67. The maximum atomic E-state index is 12.3. The largest absolute Gasteiger partial charge is 0.340 e. The highest BCUT2D eigenvalue weighted by Crippen LogP contribution is 2.27. The number of piperidine rings is 1. The molecule has 1 aliphatic heterocycles. The molecule has 0 bridgehead atoms. The molecule has 3 rings (SSSR count). The predicted molar refractivity (Wildman–Crippen MR) is 79.4 cm³/mol. The van der Waals surface area contributed by atoms with Gasteiger partial charge in [0, 0.05) is 19.0 Å². The monoisotopic (exact) mass is 319 g/mol.